The topological polar surface area (TPSA) is 116 Å². The van der Waals surface area contributed by atoms with Gasteiger partial charge < -0.3 is 44.9 Å². The lowest BCUT2D eigenvalue weighted by Gasteiger charge is -2.32. The summed E-state index contributed by atoms with van der Waals surface area (Å²) in [4.78, 5) is 30.0. The number of carbonyl (C=O) groups is 1. The molecule has 0 saturated carbocycles. The Hall–Kier alpha value is -4.91. The molecule has 1 amide bonds. The fourth-order valence-corrected chi connectivity index (χ4v) is 6.15. The van der Waals surface area contributed by atoms with E-state index in [1.165, 1.54) is 6.20 Å². The van der Waals surface area contributed by atoms with Crippen molar-refractivity contribution in [3.63, 3.8) is 0 Å². The highest BCUT2D eigenvalue weighted by Crippen LogP contribution is 2.33. The van der Waals surface area contributed by atoms with Crippen LogP contribution in [-0.2, 0) is 0 Å². The number of aromatic nitrogens is 2. The Morgan fingerprint density at radius 2 is 1.66 bits per heavy atom. The molecular weight excluding hydrogens is 632 g/mol. The lowest BCUT2D eigenvalue weighted by molar-refractivity contribution is 0.102. The molecule has 0 aliphatic carbocycles. The summed E-state index contributed by atoms with van der Waals surface area (Å²) in [7, 11) is 3.79. The molecule has 0 bridgehead atoms. The van der Waals surface area contributed by atoms with E-state index in [0.717, 1.165) is 87.8 Å². The molecule has 3 aromatic carbocycles. The number of hydrogen-bond acceptors (Lipinski definition) is 11. The first-order chi connectivity index (χ1) is 24.4. The van der Waals surface area contributed by atoms with Crippen LogP contribution in [0.2, 0.25) is 0 Å². The van der Waals surface area contributed by atoms with Crippen LogP contribution < -0.4 is 35.1 Å². The third-order valence-electron chi connectivity index (χ3n) is 9.14. The average Bonchev–Trinajstić information content (AvgIpc) is 3.13. The maximum atomic E-state index is 13.7. The molecule has 2 fully saturated rings. The molecule has 0 spiro atoms. The van der Waals surface area contributed by atoms with Gasteiger partial charge in [0.2, 0.25) is 11.8 Å². The summed E-state index contributed by atoms with van der Waals surface area (Å²) in [6.07, 6.45) is 2.42. The Kier molecular flexibility index (Phi) is 11.6. The van der Waals surface area contributed by atoms with E-state index < -0.39 is 0 Å². The van der Waals surface area contributed by atoms with Crippen molar-refractivity contribution in [2.45, 2.75) is 20.3 Å². The van der Waals surface area contributed by atoms with Gasteiger partial charge in [-0.15, -0.1) is 0 Å². The maximum absolute atomic E-state index is 13.7. The number of para-hydroxylation sites is 1. The SMILES string of the molecule is COc1cc(Nc2ncc(C(=O)Nc3c(C)cccc3C)c(Oc3ccc(N4CCNCC4)cc3)n2)ccc1OCCCN1CCN(C)CC1. The maximum Gasteiger partial charge on any atom is 0.262 e. The molecule has 4 aromatic rings. The first-order valence-corrected chi connectivity index (χ1v) is 17.3. The molecule has 2 saturated heterocycles. The van der Waals surface area contributed by atoms with Crippen LogP contribution >= 0.6 is 0 Å². The molecule has 2 aliphatic heterocycles. The Bertz CT molecular complexity index is 1720. The van der Waals surface area contributed by atoms with Crippen LogP contribution in [0.1, 0.15) is 27.9 Å². The van der Waals surface area contributed by atoms with Crippen molar-refractivity contribution in [3.05, 3.63) is 83.6 Å². The van der Waals surface area contributed by atoms with Crippen LogP contribution in [0, 0.1) is 13.8 Å². The van der Waals surface area contributed by atoms with Crippen molar-refractivity contribution < 1.29 is 19.0 Å². The number of carbonyl (C=O) groups excluding carboxylic acids is 1. The first kappa shape index (κ1) is 34.9. The summed E-state index contributed by atoms with van der Waals surface area (Å²) >= 11 is 0. The third kappa shape index (κ3) is 9.00. The highest BCUT2D eigenvalue weighted by molar-refractivity contribution is 6.06. The van der Waals surface area contributed by atoms with E-state index in [4.69, 9.17) is 14.2 Å². The summed E-state index contributed by atoms with van der Waals surface area (Å²) < 4.78 is 18.0. The lowest BCUT2D eigenvalue weighted by Crippen LogP contribution is -2.44. The number of ether oxygens (including phenoxy) is 3. The predicted octanol–water partition coefficient (Wildman–Crippen LogP) is 5.32. The minimum atomic E-state index is -0.364. The second-order valence-corrected chi connectivity index (χ2v) is 12.8. The number of nitrogens with zero attached hydrogens (tertiary/aromatic N) is 5. The van der Waals surface area contributed by atoms with Crippen LogP contribution in [0.15, 0.2) is 66.9 Å². The average molecular weight is 681 g/mol. The Balaban J connectivity index is 1.17. The molecule has 0 atom stereocenters. The van der Waals surface area contributed by atoms with Crippen molar-refractivity contribution in [2.75, 3.05) is 95.2 Å². The minimum Gasteiger partial charge on any atom is -0.493 e. The molecule has 264 valence electrons. The Labute approximate surface area is 294 Å². The van der Waals surface area contributed by atoms with E-state index in [9.17, 15) is 4.79 Å². The summed E-state index contributed by atoms with van der Waals surface area (Å²) in [6.45, 7) is 13.7. The van der Waals surface area contributed by atoms with Crippen molar-refractivity contribution >= 4 is 28.9 Å². The van der Waals surface area contributed by atoms with Crippen LogP contribution in [0.25, 0.3) is 0 Å². The molecule has 0 unspecified atom stereocenters. The van der Waals surface area contributed by atoms with E-state index in [2.05, 4.69) is 47.7 Å². The monoisotopic (exact) mass is 680 g/mol. The molecule has 2 aliphatic rings. The van der Waals surface area contributed by atoms with Gasteiger partial charge in [0.15, 0.2) is 11.5 Å². The standard InChI is InChI=1S/C38H48N8O4/c1-27-7-5-8-28(2)35(27)42-36(47)32-26-40-38(43-37(32)50-31-12-10-30(11-13-31)46-18-15-39-16-19-46)41-29-9-14-33(34(25-29)48-4)49-24-6-17-45-22-20-44(3)21-23-45/h5,7-14,25-26,39H,6,15-24H2,1-4H3,(H,42,47)(H,40,41,43). The van der Waals surface area contributed by atoms with E-state index in [1.54, 1.807) is 7.11 Å². The van der Waals surface area contributed by atoms with E-state index in [0.29, 0.717) is 29.5 Å². The van der Waals surface area contributed by atoms with Gasteiger partial charge in [-0.05, 0) is 74.8 Å². The predicted molar refractivity (Wildman–Crippen MR) is 198 cm³/mol. The van der Waals surface area contributed by atoms with Gasteiger partial charge in [-0.1, -0.05) is 18.2 Å². The van der Waals surface area contributed by atoms with Crippen molar-refractivity contribution in [1.82, 2.24) is 25.1 Å². The highest BCUT2D eigenvalue weighted by Gasteiger charge is 2.20. The lowest BCUT2D eigenvalue weighted by atomic mass is 10.1. The molecular formula is C38H48N8O4. The summed E-state index contributed by atoms with van der Waals surface area (Å²) in [5.74, 6) is 1.87. The fraction of sp³-hybridized carbons (Fsp3) is 0.395. The molecule has 6 rings (SSSR count). The number of nitrogens with one attached hydrogen (secondary N) is 3. The number of methoxy groups -OCH3 is 1. The zero-order valence-corrected chi connectivity index (χ0v) is 29.5. The minimum absolute atomic E-state index is 0.133. The van der Waals surface area contributed by atoms with Crippen LogP contribution in [-0.4, -0.2) is 105 Å². The fourth-order valence-electron chi connectivity index (χ4n) is 6.15. The molecule has 12 nitrogen and oxygen atoms in total. The molecule has 12 heteroatoms. The quantitative estimate of drug-likeness (QED) is 0.160. The van der Waals surface area contributed by atoms with E-state index in [-0.39, 0.29) is 23.3 Å². The summed E-state index contributed by atoms with van der Waals surface area (Å²) in [6, 6.07) is 19.3. The van der Waals surface area contributed by atoms with Gasteiger partial charge in [-0.2, -0.15) is 4.98 Å². The molecule has 0 radical (unpaired) electrons. The van der Waals surface area contributed by atoms with Gasteiger partial charge in [0.1, 0.15) is 11.3 Å². The molecule has 1 aromatic heterocycles. The van der Waals surface area contributed by atoms with Crippen molar-refractivity contribution in [1.29, 1.82) is 0 Å². The highest BCUT2D eigenvalue weighted by atomic mass is 16.5. The molecule has 3 N–H and O–H groups in total. The largest absolute Gasteiger partial charge is 0.493 e. The van der Waals surface area contributed by atoms with Gasteiger partial charge in [0.05, 0.1) is 13.7 Å². The number of aryl methyl sites for hydroxylation is 2. The number of benzene rings is 3. The van der Waals surface area contributed by atoms with Crippen molar-refractivity contribution in [3.8, 4) is 23.1 Å². The van der Waals surface area contributed by atoms with Gasteiger partial charge in [0, 0.05) is 88.2 Å². The van der Waals surface area contributed by atoms with Gasteiger partial charge in [0.25, 0.3) is 5.91 Å². The second-order valence-electron chi connectivity index (χ2n) is 12.8. The Morgan fingerprint density at radius 3 is 2.38 bits per heavy atom. The third-order valence-corrected chi connectivity index (χ3v) is 9.14. The van der Waals surface area contributed by atoms with Gasteiger partial charge in [-0.3, -0.25) is 4.79 Å². The number of piperazine rings is 2. The van der Waals surface area contributed by atoms with Gasteiger partial charge in [-0.25, -0.2) is 4.98 Å². The van der Waals surface area contributed by atoms with Crippen LogP contribution in [0.4, 0.5) is 23.0 Å². The zero-order chi connectivity index (χ0) is 34.9. The zero-order valence-electron chi connectivity index (χ0n) is 29.5. The van der Waals surface area contributed by atoms with E-state index in [1.807, 2.05) is 74.5 Å². The number of rotatable bonds is 13. The van der Waals surface area contributed by atoms with Crippen LogP contribution in [0.5, 0.6) is 23.1 Å². The second kappa shape index (κ2) is 16.7. The van der Waals surface area contributed by atoms with Gasteiger partial charge >= 0.3 is 0 Å². The molecule has 50 heavy (non-hydrogen) atoms. The van der Waals surface area contributed by atoms with Crippen LogP contribution in [0.3, 0.4) is 0 Å². The number of likely N-dealkylation sites (N-methyl/N-ethyl adjacent to an activating group) is 1. The summed E-state index contributed by atoms with van der Waals surface area (Å²) in [5, 5.41) is 9.66. The van der Waals surface area contributed by atoms with Crippen molar-refractivity contribution in [2.24, 2.45) is 0 Å². The number of amides is 1. The number of hydrogen-bond donors (Lipinski definition) is 3. The van der Waals surface area contributed by atoms with E-state index >= 15 is 0 Å². The normalized spacial score (nSPS) is 15.4. The summed E-state index contributed by atoms with van der Waals surface area (Å²) in [5.41, 5.74) is 4.70. The Morgan fingerprint density at radius 1 is 0.920 bits per heavy atom. The first-order valence-electron chi connectivity index (χ1n) is 17.3. The smallest absolute Gasteiger partial charge is 0.262 e. The molecule has 3 heterocycles. The number of anilines is 4.